The highest BCUT2D eigenvalue weighted by molar-refractivity contribution is 9.10. The Kier molecular flexibility index (Phi) is 8.98. The predicted molar refractivity (Wildman–Crippen MR) is 129 cm³/mol. The number of halogens is 1. The van der Waals surface area contributed by atoms with E-state index < -0.39 is 6.04 Å². The van der Waals surface area contributed by atoms with Crippen LogP contribution in [0, 0.1) is 6.92 Å². The molecule has 0 radical (unpaired) electrons. The molecule has 4 nitrogen and oxygen atoms in total. The number of thioether (sulfide) groups is 1. The first kappa shape index (κ1) is 24.5. The maximum atomic E-state index is 13.1. The summed E-state index contributed by atoms with van der Waals surface area (Å²) >= 11 is 5.01. The molecular weight excluding hydrogens is 460 g/mol. The maximum Gasteiger partial charge on any atom is 0.242 e. The Bertz CT molecular complexity index is 845. The molecule has 0 aliphatic carbocycles. The Morgan fingerprint density at radius 1 is 1.03 bits per heavy atom. The van der Waals surface area contributed by atoms with Gasteiger partial charge in [-0.25, -0.2) is 0 Å². The van der Waals surface area contributed by atoms with Gasteiger partial charge in [-0.3, -0.25) is 9.59 Å². The monoisotopic (exact) mass is 490 g/mol. The van der Waals surface area contributed by atoms with Gasteiger partial charge in [-0.05, 0) is 57.9 Å². The van der Waals surface area contributed by atoms with Crippen molar-refractivity contribution in [3.8, 4) is 0 Å². The molecule has 2 rings (SSSR count). The van der Waals surface area contributed by atoms with Crippen molar-refractivity contribution in [1.82, 2.24) is 10.2 Å². The van der Waals surface area contributed by atoms with Crippen LogP contribution in [0.1, 0.15) is 44.4 Å². The van der Waals surface area contributed by atoms with Crippen molar-refractivity contribution in [2.24, 2.45) is 0 Å². The fourth-order valence-corrected chi connectivity index (χ4v) is 4.00. The van der Waals surface area contributed by atoms with Crippen LogP contribution >= 0.6 is 27.7 Å². The molecule has 1 unspecified atom stereocenters. The summed E-state index contributed by atoms with van der Waals surface area (Å²) in [6.07, 6.45) is 0. The van der Waals surface area contributed by atoms with E-state index in [1.54, 1.807) is 23.6 Å². The molecule has 2 aromatic carbocycles. The van der Waals surface area contributed by atoms with Crippen LogP contribution in [-0.4, -0.2) is 34.0 Å². The normalized spacial score (nSPS) is 12.3. The topological polar surface area (TPSA) is 49.4 Å². The van der Waals surface area contributed by atoms with Crippen LogP contribution in [0.2, 0.25) is 0 Å². The minimum Gasteiger partial charge on any atom is -0.350 e. The van der Waals surface area contributed by atoms with E-state index in [4.69, 9.17) is 0 Å². The molecule has 1 N–H and O–H groups in total. The molecule has 0 saturated heterocycles. The van der Waals surface area contributed by atoms with Crippen LogP contribution < -0.4 is 5.32 Å². The fourth-order valence-electron chi connectivity index (χ4n) is 2.87. The lowest BCUT2D eigenvalue weighted by atomic mass is 10.1. The summed E-state index contributed by atoms with van der Waals surface area (Å²) in [5, 5.41) is 2.99. The van der Waals surface area contributed by atoms with Crippen molar-refractivity contribution in [3.05, 3.63) is 69.7 Å². The first-order chi connectivity index (χ1) is 14.0. The second-order valence-electron chi connectivity index (χ2n) is 8.54. The van der Waals surface area contributed by atoms with E-state index in [0.717, 1.165) is 15.8 Å². The second kappa shape index (κ2) is 11.0. The highest BCUT2D eigenvalue weighted by atomic mass is 79.9. The zero-order chi connectivity index (χ0) is 22.3. The van der Waals surface area contributed by atoms with Gasteiger partial charge in [0.05, 0.1) is 5.75 Å². The molecule has 0 aliphatic heterocycles. The molecule has 0 aromatic heterocycles. The van der Waals surface area contributed by atoms with E-state index in [9.17, 15) is 9.59 Å². The van der Waals surface area contributed by atoms with E-state index >= 15 is 0 Å². The summed E-state index contributed by atoms with van der Waals surface area (Å²) in [7, 11) is 0. The number of aryl methyl sites for hydroxylation is 1. The molecule has 0 bridgehead atoms. The predicted octanol–water partition coefficient (Wildman–Crippen LogP) is 5.32. The van der Waals surface area contributed by atoms with Crippen LogP contribution in [0.3, 0.4) is 0 Å². The lowest BCUT2D eigenvalue weighted by molar-refractivity contribution is -0.139. The molecule has 0 heterocycles. The number of carbonyl (C=O) groups is 2. The van der Waals surface area contributed by atoms with E-state index in [-0.39, 0.29) is 17.4 Å². The second-order valence-corrected chi connectivity index (χ2v) is 10.4. The van der Waals surface area contributed by atoms with Gasteiger partial charge in [-0.15, -0.1) is 11.8 Å². The summed E-state index contributed by atoms with van der Waals surface area (Å²) < 4.78 is 0.983. The van der Waals surface area contributed by atoms with E-state index in [1.165, 1.54) is 11.1 Å². The number of hydrogen-bond donors (Lipinski definition) is 1. The lowest BCUT2D eigenvalue weighted by Crippen LogP contribution is -2.52. The van der Waals surface area contributed by atoms with E-state index in [1.807, 2.05) is 45.0 Å². The first-order valence-corrected chi connectivity index (χ1v) is 12.0. The minimum absolute atomic E-state index is 0.0356. The van der Waals surface area contributed by atoms with Crippen molar-refractivity contribution in [3.63, 3.8) is 0 Å². The molecule has 1 atom stereocenters. The molecule has 6 heteroatoms. The average Bonchev–Trinajstić information content (AvgIpc) is 2.67. The Labute approximate surface area is 192 Å². The highest BCUT2D eigenvalue weighted by Crippen LogP contribution is 2.18. The van der Waals surface area contributed by atoms with Gasteiger partial charge in [0.15, 0.2) is 0 Å². The van der Waals surface area contributed by atoms with Gasteiger partial charge >= 0.3 is 0 Å². The number of rotatable bonds is 8. The summed E-state index contributed by atoms with van der Waals surface area (Å²) in [6, 6.07) is 15.6. The number of hydrogen-bond acceptors (Lipinski definition) is 3. The van der Waals surface area contributed by atoms with E-state index in [0.29, 0.717) is 12.3 Å². The first-order valence-electron chi connectivity index (χ1n) is 10.0. The Balaban J connectivity index is 2.08. The summed E-state index contributed by atoms with van der Waals surface area (Å²) in [5.74, 6) is 0.918. The largest absolute Gasteiger partial charge is 0.350 e. The Morgan fingerprint density at radius 2 is 1.60 bits per heavy atom. The van der Waals surface area contributed by atoms with Crippen molar-refractivity contribution in [2.45, 2.75) is 58.5 Å². The molecule has 30 heavy (non-hydrogen) atoms. The molecular formula is C24H31BrN2O2S. The number of nitrogens with one attached hydrogen (secondary N) is 1. The number of amides is 2. The number of nitrogens with zero attached hydrogens (tertiary/aromatic N) is 1. The average molecular weight is 491 g/mol. The van der Waals surface area contributed by atoms with Crippen LogP contribution in [0.25, 0.3) is 0 Å². The van der Waals surface area contributed by atoms with Gasteiger partial charge in [-0.2, -0.15) is 0 Å². The van der Waals surface area contributed by atoms with Crippen molar-refractivity contribution in [2.75, 3.05) is 5.75 Å². The number of benzene rings is 2. The molecule has 0 fully saturated rings. The molecule has 0 spiro atoms. The Morgan fingerprint density at radius 3 is 2.17 bits per heavy atom. The molecule has 2 amide bonds. The van der Waals surface area contributed by atoms with Gasteiger partial charge in [0.25, 0.3) is 0 Å². The lowest BCUT2D eigenvalue weighted by Gasteiger charge is -2.31. The highest BCUT2D eigenvalue weighted by Gasteiger charge is 2.28. The fraction of sp³-hybridized carbons (Fsp3) is 0.417. The number of carbonyl (C=O) groups excluding carboxylic acids is 2. The quantitative estimate of drug-likeness (QED) is 0.544. The standard InChI is InChI=1S/C24H31BrN2O2S/c1-17-6-8-20(9-7-17)15-30-16-22(28)27(14-19-10-12-21(25)13-11-19)18(2)23(29)26-24(3,4)5/h6-13,18H,14-16H2,1-5H3,(H,26,29). The summed E-state index contributed by atoms with van der Waals surface area (Å²) in [6.45, 7) is 10.1. The van der Waals surface area contributed by atoms with Crippen molar-refractivity contribution >= 4 is 39.5 Å². The van der Waals surface area contributed by atoms with Gasteiger partial charge in [0, 0.05) is 22.3 Å². The van der Waals surface area contributed by atoms with Crippen LogP contribution in [0.5, 0.6) is 0 Å². The summed E-state index contributed by atoms with van der Waals surface area (Å²) in [4.78, 5) is 27.5. The van der Waals surface area contributed by atoms with Gasteiger partial charge in [-0.1, -0.05) is 57.9 Å². The van der Waals surface area contributed by atoms with Crippen LogP contribution in [0.15, 0.2) is 53.0 Å². The molecule has 162 valence electrons. The van der Waals surface area contributed by atoms with Crippen molar-refractivity contribution < 1.29 is 9.59 Å². The third kappa shape index (κ3) is 8.15. The molecule has 2 aromatic rings. The van der Waals surface area contributed by atoms with Gasteiger partial charge in [0.1, 0.15) is 6.04 Å². The maximum absolute atomic E-state index is 13.1. The SMILES string of the molecule is Cc1ccc(CSCC(=O)N(Cc2ccc(Br)cc2)C(C)C(=O)NC(C)(C)C)cc1. The zero-order valence-corrected chi connectivity index (χ0v) is 20.8. The van der Waals surface area contributed by atoms with Gasteiger partial charge < -0.3 is 10.2 Å². The molecule has 0 saturated carbocycles. The minimum atomic E-state index is -0.555. The molecule has 0 aliphatic rings. The third-order valence-electron chi connectivity index (χ3n) is 4.55. The van der Waals surface area contributed by atoms with E-state index in [2.05, 4.69) is 52.4 Å². The van der Waals surface area contributed by atoms with Gasteiger partial charge in [0.2, 0.25) is 11.8 Å². The third-order valence-corrected chi connectivity index (χ3v) is 6.06. The zero-order valence-electron chi connectivity index (χ0n) is 18.4. The smallest absolute Gasteiger partial charge is 0.242 e. The summed E-state index contributed by atoms with van der Waals surface area (Å²) in [5.41, 5.74) is 3.05. The van der Waals surface area contributed by atoms with Crippen LogP contribution in [0.4, 0.5) is 0 Å². The Hall–Kier alpha value is -1.79. The van der Waals surface area contributed by atoms with Crippen molar-refractivity contribution in [1.29, 1.82) is 0 Å². The van der Waals surface area contributed by atoms with Crippen LogP contribution in [-0.2, 0) is 21.9 Å².